The van der Waals surface area contributed by atoms with Gasteiger partial charge in [0, 0.05) is 6.54 Å². The predicted molar refractivity (Wildman–Crippen MR) is 92.5 cm³/mol. The molecule has 0 saturated carbocycles. The van der Waals surface area contributed by atoms with Crippen molar-refractivity contribution in [1.82, 2.24) is 19.7 Å². The first kappa shape index (κ1) is 17.3. The van der Waals surface area contributed by atoms with Crippen molar-refractivity contribution in [3.05, 3.63) is 35.4 Å². The number of fused-ring (bicyclic) bond motifs is 1. The third kappa shape index (κ3) is 3.31. The number of carbonyl (C=O) groups is 1. The fourth-order valence-corrected chi connectivity index (χ4v) is 3.13. The molecule has 3 rings (SSSR count). The molecule has 134 valence electrons. The lowest BCUT2D eigenvalue weighted by molar-refractivity contribution is -0.137. The van der Waals surface area contributed by atoms with E-state index < -0.39 is 0 Å². The number of hydrogen-bond donors (Lipinski definition) is 0. The van der Waals surface area contributed by atoms with Gasteiger partial charge in [0.2, 0.25) is 5.91 Å². The van der Waals surface area contributed by atoms with Gasteiger partial charge in [0.05, 0.1) is 13.7 Å². The number of carbonyl (C=O) groups excluding carboxylic acids is 1. The summed E-state index contributed by atoms with van der Waals surface area (Å²) < 4.78 is 13.1. The first-order chi connectivity index (χ1) is 12.0. The van der Waals surface area contributed by atoms with Crippen LogP contribution in [0.15, 0.2) is 18.2 Å². The third-order valence-electron chi connectivity index (χ3n) is 4.40. The van der Waals surface area contributed by atoms with Crippen LogP contribution in [0.2, 0.25) is 0 Å². The van der Waals surface area contributed by atoms with E-state index in [0.29, 0.717) is 23.9 Å². The van der Waals surface area contributed by atoms with E-state index in [2.05, 4.69) is 17.1 Å². The van der Waals surface area contributed by atoms with Gasteiger partial charge >= 0.3 is 0 Å². The van der Waals surface area contributed by atoms with Crippen molar-refractivity contribution >= 4 is 5.91 Å². The van der Waals surface area contributed by atoms with Gasteiger partial charge in [-0.2, -0.15) is 0 Å². The second-order valence-electron chi connectivity index (χ2n) is 6.28. The summed E-state index contributed by atoms with van der Waals surface area (Å²) in [6.45, 7) is 7.41. The molecule has 2 aromatic rings. The first-order valence-electron chi connectivity index (χ1n) is 8.54. The highest BCUT2D eigenvalue weighted by atomic mass is 16.5. The maximum atomic E-state index is 12.5. The van der Waals surface area contributed by atoms with Crippen LogP contribution in [0, 0.1) is 6.92 Å². The van der Waals surface area contributed by atoms with E-state index in [1.54, 1.807) is 7.11 Å². The van der Waals surface area contributed by atoms with Gasteiger partial charge in [-0.3, -0.25) is 9.36 Å². The highest BCUT2D eigenvalue weighted by Gasteiger charge is 2.32. The van der Waals surface area contributed by atoms with E-state index in [1.807, 2.05) is 41.5 Å². The van der Waals surface area contributed by atoms with Crippen molar-refractivity contribution in [2.45, 2.75) is 46.4 Å². The Morgan fingerprint density at radius 2 is 2.08 bits per heavy atom. The third-order valence-corrected chi connectivity index (χ3v) is 4.40. The minimum absolute atomic E-state index is 0.100. The van der Waals surface area contributed by atoms with E-state index in [4.69, 9.17) is 9.47 Å². The van der Waals surface area contributed by atoms with E-state index in [1.165, 1.54) is 0 Å². The normalized spacial score (nSPS) is 16.7. The number of aromatic nitrogens is 3. The summed E-state index contributed by atoms with van der Waals surface area (Å²) in [7, 11) is 1.61. The number of nitrogens with zero attached hydrogens (tertiary/aromatic N) is 4. The molecule has 0 unspecified atom stereocenters. The first-order valence-corrected chi connectivity index (χ1v) is 8.54. The quantitative estimate of drug-likeness (QED) is 0.805. The topological polar surface area (TPSA) is 69.5 Å². The largest absolute Gasteiger partial charge is 0.493 e. The molecule has 0 radical (unpaired) electrons. The van der Waals surface area contributed by atoms with Gasteiger partial charge in [0.25, 0.3) is 0 Å². The Hall–Kier alpha value is -2.57. The second-order valence-corrected chi connectivity index (χ2v) is 6.28. The SMILES string of the molecule is CCCN1Cc2nnc(COc3ccc(C)cc3OC)n2[C@H](C)C1=O. The van der Waals surface area contributed by atoms with Crippen molar-refractivity contribution in [2.75, 3.05) is 13.7 Å². The van der Waals surface area contributed by atoms with Crippen molar-refractivity contribution in [1.29, 1.82) is 0 Å². The number of aryl methyl sites for hydroxylation is 1. The molecule has 2 heterocycles. The summed E-state index contributed by atoms with van der Waals surface area (Å²) in [6, 6.07) is 5.44. The molecule has 0 spiro atoms. The Labute approximate surface area is 147 Å². The molecule has 7 heteroatoms. The lowest BCUT2D eigenvalue weighted by Crippen LogP contribution is -2.42. The molecule has 7 nitrogen and oxygen atoms in total. The van der Waals surface area contributed by atoms with Crippen molar-refractivity contribution in [2.24, 2.45) is 0 Å². The zero-order valence-electron chi connectivity index (χ0n) is 15.2. The zero-order chi connectivity index (χ0) is 18.0. The van der Waals surface area contributed by atoms with Crippen LogP contribution in [0.3, 0.4) is 0 Å². The molecular formula is C18H24N4O3. The van der Waals surface area contributed by atoms with Gasteiger partial charge in [-0.25, -0.2) is 0 Å². The van der Waals surface area contributed by atoms with Crippen LogP contribution in [0.25, 0.3) is 0 Å². The summed E-state index contributed by atoms with van der Waals surface area (Å²) >= 11 is 0. The van der Waals surface area contributed by atoms with E-state index in [-0.39, 0.29) is 18.6 Å². The highest BCUT2D eigenvalue weighted by molar-refractivity contribution is 5.81. The van der Waals surface area contributed by atoms with Gasteiger partial charge in [-0.15, -0.1) is 10.2 Å². The highest BCUT2D eigenvalue weighted by Crippen LogP contribution is 2.29. The average molecular weight is 344 g/mol. The minimum atomic E-state index is -0.316. The van der Waals surface area contributed by atoms with Gasteiger partial charge in [-0.1, -0.05) is 13.0 Å². The second kappa shape index (κ2) is 7.13. The zero-order valence-corrected chi connectivity index (χ0v) is 15.2. The lowest BCUT2D eigenvalue weighted by Gasteiger charge is -2.31. The minimum Gasteiger partial charge on any atom is -0.493 e. The van der Waals surface area contributed by atoms with E-state index in [9.17, 15) is 4.79 Å². The Morgan fingerprint density at radius 1 is 1.28 bits per heavy atom. The molecule has 1 aromatic carbocycles. The Morgan fingerprint density at radius 3 is 2.80 bits per heavy atom. The molecule has 0 fully saturated rings. The maximum absolute atomic E-state index is 12.5. The van der Waals surface area contributed by atoms with Crippen LogP contribution in [-0.4, -0.2) is 39.2 Å². The summed E-state index contributed by atoms with van der Waals surface area (Å²) in [4.78, 5) is 14.4. The van der Waals surface area contributed by atoms with E-state index in [0.717, 1.165) is 24.4 Å². The van der Waals surface area contributed by atoms with Gasteiger partial charge in [0.1, 0.15) is 12.6 Å². The number of amides is 1. The van der Waals surface area contributed by atoms with Crippen molar-refractivity contribution < 1.29 is 14.3 Å². The van der Waals surface area contributed by atoms with Crippen LogP contribution >= 0.6 is 0 Å². The molecular weight excluding hydrogens is 320 g/mol. The maximum Gasteiger partial charge on any atom is 0.245 e. The molecule has 25 heavy (non-hydrogen) atoms. The fraction of sp³-hybridized carbons (Fsp3) is 0.500. The Bertz CT molecular complexity index is 772. The lowest BCUT2D eigenvalue weighted by atomic mass is 10.2. The number of hydrogen-bond acceptors (Lipinski definition) is 5. The van der Waals surface area contributed by atoms with E-state index >= 15 is 0 Å². The van der Waals surface area contributed by atoms with Crippen LogP contribution in [0.5, 0.6) is 11.5 Å². The number of methoxy groups -OCH3 is 1. The summed E-state index contributed by atoms with van der Waals surface area (Å²) in [5.74, 6) is 2.87. The van der Waals surface area contributed by atoms with Crippen LogP contribution in [-0.2, 0) is 17.9 Å². The van der Waals surface area contributed by atoms with Crippen LogP contribution in [0.4, 0.5) is 0 Å². The molecule has 0 bridgehead atoms. The van der Waals surface area contributed by atoms with Gasteiger partial charge in [-0.05, 0) is 38.0 Å². The van der Waals surface area contributed by atoms with Gasteiger partial charge < -0.3 is 14.4 Å². The number of rotatable bonds is 6. The molecule has 1 amide bonds. The fourth-order valence-electron chi connectivity index (χ4n) is 3.13. The predicted octanol–water partition coefficient (Wildman–Crippen LogP) is 2.49. The standard InChI is InChI=1S/C18H24N4O3/c1-5-8-21-10-16-19-20-17(22(16)13(3)18(21)23)11-25-14-7-6-12(2)9-15(14)24-4/h6-7,9,13H,5,8,10-11H2,1-4H3/t13-/m1/s1. The van der Waals surface area contributed by atoms with Crippen LogP contribution < -0.4 is 9.47 Å². The molecule has 1 aliphatic heterocycles. The molecule has 0 N–H and O–H groups in total. The molecule has 1 aliphatic rings. The molecule has 1 atom stereocenters. The number of benzene rings is 1. The van der Waals surface area contributed by atoms with Crippen LogP contribution in [0.1, 0.15) is 43.5 Å². The molecule has 1 aromatic heterocycles. The molecule has 0 aliphatic carbocycles. The Kier molecular flexibility index (Phi) is 4.92. The number of ether oxygens (including phenoxy) is 2. The summed E-state index contributed by atoms with van der Waals surface area (Å²) in [6.07, 6.45) is 0.926. The monoisotopic (exact) mass is 344 g/mol. The van der Waals surface area contributed by atoms with Gasteiger partial charge in [0.15, 0.2) is 23.1 Å². The summed E-state index contributed by atoms with van der Waals surface area (Å²) in [5.41, 5.74) is 1.10. The Balaban J connectivity index is 1.79. The smallest absolute Gasteiger partial charge is 0.245 e. The molecule has 0 saturated heterocycles. The van der Waals surface area contributed by atoms with Crippen molar-refractivity contribution in [3.63, 3.8) is 0 Å². The summed E-state index contributed by atoms with van der Waals surface area (Å²) in [5, 5.41) is 8.48. The van der Waals surface area contributed by atoms with Crippen molar-refractivity contribution in [3.8, 4) is 11.5 Å². The average Bonchev–Trinajstić information content (AvgIpc) is 3.01.